The van der Waals surface area contributed by atoms with Gasteiger partial charge in [0.05, 0.1) is 22.5 Å². The number of nitrogens with one attached hydrogen (secondary N) is 2. The summed E-state index contributed by atoms with van der Waals surface area (Å²) in [6.45, 7) is -0.00896. The fourth-order valence-electron chi connectivity index (χ4n) is 3.18. The molecule has 0 fully saturated rings. The maximum Gasteiger partial charge on any atom is 0.418 e. The van der Waals surface area contributed by atoms with E-state index < -0.39 is 29.2 Å². The molecule has 2 heterocycles. The number of aromatic nitrogens is 3. The third-order valence-electron chi connectivity index (χ3n) is 4.69. The van der Waals surface area contributed by atoms with Gasteiger partial charge in [0.2, 0.25) is 0 Å². The molecule has 0 aliphatic heterocycles. The normalized spacial score (nSPS) is 11.3. The lowest BCUT2D eigenvalue weighted by molar-refractivity contribution is -0.138. The Labute approximate surface area is 179 Å². The second-order valence-electron chi connectivity index (χ2n) is 6.81. The lowest BCUT2D eigenvalue weighted by Crippen LogP contribution is -2.35. The predicted molar refractivity (Wildman–Crippen MR) is 111 cm³/mol. The van der Waals surface area contributed by atoms with Crippen LogP contribution in [-0.4, -0.2) is 26.6 Å². The number of halogens is 3. The number of alkyl halides is 3. The molecule has 2 N–H and O–H groups in total. The second-order valence-corrected chi connectivity index (χ2v) is 6.81. The van der Waals surface area contributed by atoms with Crippen molar-refractivity contribution in [3.8, 4) is 5.69 Å². The summed E-state index contributed by atoms with van der Waals surface area (Å²) in [5, 5.41) is 9.22. The van der Waals surface area contributed by atoms with Crippen LogP contribution in [-0.2, 0) is 22.3 Å². The van der Waals surface area contributed by atoms with Crippen molar-refractivity contribution >= 4 is 28.4 Å². The fourth-order valence-corrected chi connectivity index (χ4v) is 3.18. The minimum Gasteiger partial charge on any atom is -0.344 e. The Morgan fingerprint density at radius 3 is 2.53 bits per heavy atom. The Morgan fingerprint density at radius 1 is 0.969 bits per heavy atom. The Bertz CT molecular complexity index is 1280. The Hall–Kier alpha value is -4.21. The summed E-state index contributed by atoms with van der Waals surface area (Å²) in [6, 6.07) is 13.9. The number of nitrogens with zero attached hydrogens (tertiary/aromatic N) is 3. The molecule has 2 aromatic carbocycles. The van der Waals surface area contributed by atoms with Gasteiger partial charge in [-0.2, -0.15) is 18.3 Å². The fraction of sp³-hybridized carbons (Fsp3) is 0.0909. The molecule has 0 saturated carbocycles. The third kappa shape index (κ3) is 4.43. The van der Waals surface area contributed by atoms with Crippen molar-refractivity contribution in [1.82, 2.24) is 20.1 Å². The zero-order valence-corrected chi connectivity index (χ0v) is 16.4. The van der Waals surface area contributed by atoms with Crippen molar-refractivity contribution in [3.63, 3.8) is 0 Å². The summed E-state index contributed by atoms with van der Waals surface area (Å²) < 4.78 is 41.9. The number of pyridine rings is 1. The monoisotopic (exact) mass is 439 g/mol. The summed E-state index contributed by atoms with van der Waals surface area (Å²) in [6.07, 6.45) is -0.231. The number of hydrogen-bond donors (Lipinski definition) is 2. The van der Waals surface area contributed by atoms with E-state index in [-0.39, 0.29) is 12.2 Å². The van der Waals surface area contributed by atoms with Crippen LogP contribution in [0.25, 0.3) is 16.6 Å². The van der Waals surface area contributed by atoms with E-state index in [9.17, 15) is 22.8 Å². The summed E-state index contributed by atoms with van der Waals surface area (Å²) in [4.78, 5) is 28.8. The lowest BCUT2D eigenvalue weighted by Gasteiger charge is -2.15. The average Bonchev–Trinajstić information content (AvgIpc) is 3.32. The number of benzene rings is 2. The molecule has 10 heteroatoms. The van der Waals surface area contributed by atoms with E-state index in [2.05, 4.69) is 15.4 Å². The summed E-state index contributed by atoms with van der Waals surface area (Å²) >= 11 is 0. The van der Waals surface area contributed by atoms with Crippen LogP contribution in [0.5, 0.6) is 0 Å². The van der Waals surface area contributed by atoms with Gasteiger partial charge in [-0.15, -0.1) is 0 Å². The van der Waals surface area contributed by atoms with E-state index in [4.69, 9.17) is 0 Å². The van der Waals surface area contributed by atoms with Crippen molar-refractivity contribution in [2.45, 2.75) is 12.7 Å². The lowest BCUT2D eigenvalue weighted by atomic mass is 10.1. The van der Waals surface area contributed by atoms with Crippen molar-refractivity contribution in [3.05, 3.63) is 84.3 Å². The number of carbonyl (C=O) groups is 2. The van der Waals surface area contributed by atoms with Gasteiger partial charge in [-0.25, -0.2) is 4.68 Å². The molecule has 0 spiro atoms. The molecular weight excluding hydrogens is 423 g/mol. The van der Waals surface area contributed by atoms with E-state index in [1.807, 2.05) is 17.4 Å². The van der Waals surface area contributed by atoms with Crippen molar-refractivity contribution in [2.75, 3.05) is 5.32 Å². The van der Waals surface area contributed by atoms with Gasteiger partial charge >= 0.3 is 18.0 Å². The van der Waals surface area contributed by atoms with Gasteiger partial charge in [0.1, 0.15) is 0 Å². The number of anilines is 1. The number of carbonyl (C=O) groups excluding carboxylic acids is 2. The summed E-state index contributed by atoms with van der Waals surface area (Å²) in [5.74, 6) is -2.28. The average molecular weight is 439 g/mol. The smallest absolute Gasteiger partial charge is 0.344 e. The maximum atomic E-state index is 13.6. The molecule has 162 valence electrons. The van der Waals surface area contributed by atoms with Crippen LogP contribution in [0.2, 0.25) is 0 Å². The quantitative estimate of drug-likeness (QED) is 0.475. The van der Waals surface area contributed by atoms with Crippen LogP contribution in [0, 0.1) is 0 Å². The highest BCUT2D eigenvalue weighted by molar-refractivity contribution is 6.39. The molecule has 2 amide bonds. The maximum absolute atomic E-state index is 13.6. The van der Waals surface area contributed by atoms with E-state index in [0.29, 0.717) is 11.1 Å². The van der Waals surface area contributed by atoms with Gasteiger partial charge in [0.25, 0.3) is 0 Å². The van der Waals surface area contributed by atoms with Crippen molar-refractivity contribution in [2.24, 2.45) is 0 Å². The van der Waals surface area contributed by atoms with Gasteiger partial charge in [0, 0.05) is 30.5 Å². The van der Waals surface area contributed by atoms with Gasteiger partial charge in [-0.3, -0.25) is 14.6 Å². The SMILES string of the molecule is O=C(NCc1cccc2cccnc12)C(=O)Nc1ccc(-n2cccn2)cc1C(F)(F)F. The van der Waals surface area contributed by atoms with Gasteiger partial charge in [0.15, 0.2) is 0 Å². The molecule has 0 aliphatic rings. The summed E-state index contributed by atoms with van der Waals surface area (Å²) in [7, 11) is 0. The van der Waals surface area contributed by atoms with Gasteiger partial charge in [-0.05, 0) is 35.9 Å². The molecule has 0 aliphatic carbocycles. The number of fused-ring (bicyclic) bond motifs is 1. The molecular formula is C22H16F3N5O2. The van der Waals surface area contributed by atoms with Crippen LogP contribution in [0.1, 0.15) is 11.1 Å². The molecule has 4 rings (SSSR count). The first-order chi connectivity index (χ1) is 15.3. The molecule has 0 radical (unpaired) electrons. The highest BCUT2D eigenvalue weighted by Gasteiger charge is 2.35. The van der Waals surface area contributed by atoms with Crippen LogP contribution >= 0.6 is 0 Å². The van der Waals surface area contributed by atoms with Gasteiger partial charge in [-0.1, -0.05) is 24.3 Å². The zero-order valence-electron chi connectivity index (χ0n) is 16.4. The first-order valence-electron chi connectivity index (χ1n) is 9.46. The number of hydrogen-bond acceptors (Lipinski definition) is 4. The Kier molecular flexibility index (Phi) is 5.59. The second kappa shape index (κ2) is 8.50. The molecule has 2 aromatic heterocycles. The van der Waals surface area contributed by atoms with E-state index in [1.165, 1.54) is 23.1 Å². The summed E-state index contributed by atoms with van der Waals surface area (Å²) in [5.41, 5.74) is -0.133. The minimum absolute atomic E-state index is 0.00896. The standard InChI is InChI=1S/C22H16F3N5O2/c23-22(24,25)17-12-16(30-11-3-10-28-30)7-8-18(17)29-21(32)20(31)27-13-15-5-1-4-14-6-2-9-26-19(14)15/h1-12H,13H2,(H,27,31)(H,29,32). The van der Waals surface area contributed by atoms with Crippen LogP contribution in [0.15, 0.2) is 73.2 Å². The number of para-hydroxylation sites is 1. The Balaban J connectivity index is 1.50. The zero-order chi connectivity index (χ0) is 22.7. The number of amides is 2. The number of rotatable bonds is 4. The first kappa shape index (κ1) is 21.0. The molecule has 0 atom stereocenters. The molecule has 32 heavy (non-hydrogen) atoms. The van der Waals surface area contributed by atoms with E-state index >= 15 is 0 Å². The van der Waals surface area contributed by atoms with Crippen molar-refractivity contribution in [1.29, 1.82) is 0 Å². The van der Waals surface area contributed by atoms with Crippen LogP contribution in [0.4, 0.5) is 18.9 Å². The molecule has 7 nitrogen and oxygen atoms in total. The van der Waals surface area contributed by atoms with E-state index in [1.54, 1.807) is 30.5 Å². The van der Waals surface area contributed by atoms with Crippen LogP contribution in [0.3, 0.4) is 0 Å². The predicted octanol–water partition coefficient (Wildman–Crippen LogP) is 3.69. The minimum atomic E-state index is -4.75. The molecule has 0 unspecified atom stereocenters. The van der Waals surface area contributed by atoms with Crippen LogP contribution < -0.4 is 10.6 Å². The topological polar surface area (TPSA) is 88.9 Å². The molecule has 0 saturated heterocycles. The molecule has 0 bridgehead atoms. The van der Waals surface area contributed by atoms with Crippen molar-refractivity contribution < 1.29 is 22.8 Å². The van der Waals surface area contributed by atoms with E-state index in [0.717, 1.165) is 17.5 Å². The highest BCUT2D eigenvalue weighted by Crippen LogP contribution is 2.36. The molecule has 4 aromatic rings. The highest BCUT2D eigenvalue weighted by atomic mass is 19.4. The first-order valence-corrected chi connectivity index (χ1v) is 9.46. The Morgan fingerprint density at radius 2 is 1.78 bits per heavy atom. The van der Waals surface area contributed by atoms with Gasteiger partial charge < -0.3 is 10.6 Å². The third-order valence-corrected chi connectivity index (χ3v) is 4.69. The largest absolute Gasteiger partial charge is 0.418 e.